The van der Waals surface area contributed by atoms with E-state index in [9.17, 15) is 0 Å². The summed E-state index contributed by atoms with van der Waals surface area (Å²) in [5.74, 6) is 0.867. The summed E-state index contributed by atoms with van der Waals surface area (Å²) < 4.78 is 0. The third kappa shape index (κ3) is 5.86. The smallest absolute Gasteiger partial charge is 0.0113 e. The molecule has 0 aromatic heterocycles. The van der Waals surface area contributed by atoms with Gasteiger partial charge in [0.2, 0.25) is 0 Å². The lowest BCUT2D eigenvalue weighted by molar-refractivity contribution is 0.131. The zero-order valence-electron chi connectivity index (χ0n) is 12.3. The third-order valence-corrected chi connectivity index (χ3v) is 3.55. The van der Waals surface area contributed by atoms with Gasteiger partial charge in [0.15, 0.2) is 0 Å². The Morgan fingerprint density at radius 1 is 1.19 bits per heavy atom. The lowest BCUT2D eigenvalue weighted by Crippen LogP contribution is -2.43. The number of nitrogens with zero attached hydrogens (tertiary/aromatic N) is 2. The Labute approximate surface area is 103 Å². The summed E-state index contributed by atoms with van der Waals surface area (Å²) in [6, 6.07) is 0.822. The first-order valence-corrected chi connectivity index (χ1v) is 7.02. The van der Waals surface area contributed by atoms with Crippen LogP contribution in [-0.4, -0.2) is 49.6 Å². The van der Waals surface area contributed by atoms with Gasteiger partial charge in [0.05, 0.1) is 0 Å². The third-order valence-electron chi connectivity index (χ3n) is 3.55. The molecule has 1 rings (SSSR count). The van der Waals surface area contributed by atoms with Crippen LogP contribution < -0.4 is 0 Å². The second kappa shape index (κ2) is 9.00. The molecule has 1 unspecified atom stereocenters. The van der Waals surface area contributed by atoms with Crippen molar-refractivity contribution in [3.8, 4) is 0 Å². The minimum absolute atomic E-state index is 0.822. The van der Waals surface area contributed by atoms with Crippen molar-refractivity contribution in [3.05, 3.63) is 0 Å². The molecule has 0 aromatic carbocycles. The molecule has 0 N–H and O–H groups in total. The van der Waals surface area contributed by atoms with Crippen LogP contribution in [-0.2, 0) is 0 Å². The van der Waals surface area contributed by atoms with Gasteiger partial charge in [-0.25, -0.2) is 0 Å². The molecule has 0 amide bonds. The molecule has 0 aromatic rings. The summed E-state index contributed by atoms with van der Waals surface area (Å²) in [5.41, 5.74) is 0. The van der Waals surface area contributed by atoms with Gasteiger partial charge in [0.25, 0.3) is 0 Å². The van der Waals surface area contributed by atoms with Crippen molar-refractivity contribution in [1.82, 2.24) is 9.80 Å². The van der Waals surface area contributed by atoms with E-state index in [-0.39, 0.29) is 0 Å². The van der Waals surface area contributed by atoms with Crippen molar-refractivity contribution in [2.45, 2.75) is 53.0 Å². The summed E-state index contributed by atoms with van der Waals surface area (Å²) in [5, 5.41) is 0. The minimum Gasteiger partial charge on any atom is -0.306 e. The largest absolute Gasteiger partial charge is 0.306 e. The molecule has 0 spiro atoms. The van der Waals surface area contributed by atoms with Crippen LogP contribution in [0.25, 0.3) is 0 Å². The van der Waals surface area contributed by atoms with E-state index in [2.05, 4.69) is 37.7 Å². The second-order valence-corrected chi connectivity index (χ2v) is 5.01. The van der Waals surface area contributed by atoms with Crippen molar-refractivity contribution in [2.75, 3.05) is 33.7 Å². The second-order valence-electron chi connectivity index (χ2n) is 5.01. The van der Waals surface area contributed by atoms with Gasteiger partial charge in [0.1, 0.15) is 0 Å². The first-order chi connectivity index (χ1) is 7.63. The fraction of sp³-hybridized carbons (Fsp3) is 1.00. The van der Waals surface area contributed by atoms with Gasteiger partial charge < -0.3 is 9.80 Å². The molecule has 0 saturated carbocycles. The quantitative estimate of drug-likeness (QED) is 0.729. The highest BCUT2D eigenvalue weighted by Gasteiger charge is 2.20. The monoisotopic (exact) mass is 228 g/mol. The molecule has 2 heteroatoms. The van der Waals surface area contributed by atoms with Gasteiger partial charge in [-0.15, -0.1) is 0 Å². The van der Waals surface area contributed by atoms with Gasteiger partial charge in [0, 0.05) is 12.6 Å². The molecule has 16 heavy (non-hydrogen) atoms. The number of likely N-dealkylation sites (tertiary alicyclic amines) is 1. The van der Waals surface area contributed by atoms with E-state index in [0.29, 0.717) is 0 Å². The average Bonchev–Trinajstić information content (AvgIpc) is 2.32. The molecule has 0 aliphatic carbocycles. The van der Waals surface area contributed by atoms with Gasteiger partial charge in [-0.2, -0.15) is 0 Å². The Hall–Kier alpha value is -0.0800. The maximum absolute atomic E-state index is 2.63. The maximum atomic E-state index is 2.63. The molecule has 1 atom stereocenters. The topological polar surface area (TPSA) is 6.48 Å². The van der Waals surface area contributed by atoms with Crippen molar-refractivity contribution in [3.63, 3.8) is 0 Å². The Morgan fingerprint density at radius 3 is 2.06 bits per heavy atom. The van der Waals surface area contributed by atoms with E-state index in [1.165, 1.54) is 38.9 Å². The molecule has 1 aliphatic rings. The summed E-state index contributed by atoms with van der Waals surface area (Å²) in [4.78, 5) is 5.01. The molecule has 1 saturated heterocycles. The summed E-state index contributed by atoms with van der Waals surface area (Å²) in [6.07, 6.45) is 4.01. The molecule has 2 nitrogen and oxygen atoms in total. The Balaban J connectivity index is 0.00000106. The summed E-state index contributed by atoms with van der Waals surface area (Å²) in [6.45, 7) is 12.5. The van der Waals surface area contributed by atoms with Crippen LogP contribution >= 0.6 is 0 Å². The van der Waals surface area contributed by atoms with E-state index < -0.39 is 0 Å². The Morgan fingerprint density at radius 2 is 1.69 bits per heavy atom. The van der Waals surface area contributed by atoms with E-state index >= 15 is 0 Å². The van der Waals surface area contributed by atoms with Gasteiger partial charge in [-0.1, -0.05) is 34.1 Å². The van der Waals surface area contributed by atoms with Crippen LogP contribution in [0.3, 0.4) is 0 Å². The number of hydrogen-bond acceptors (Lipinski definition) is 2. The SMILES string of the molecule is CC.CCC(C)CN1CCC(N(C)C)CC1. The standard InChI is InChI=1S/C12H26N2.C2H6/c1-5-11(2)10-14-8-6-12(7-9-14)13(3)4;1-2/h11-12H,5-10H2,1-4H3;1-2H3. The van der Waals surface area contributed by atoms with E-state index in [4.69, 9.17) is 0 Å². The van der Waals surface area contributed by atoms with E-state index in [1.807, 2.05) is 13.8 Å². The average molecular weight is 228 g/mol. The number of hydrogen-bond donors (Lipinski definition) is 0. The molecule has 1 heterocycles. The van der Waals surface area contributed by atoms with Gasteiger partial charge in [-0.05, 0) is 45.9 Å². The van der Waals surface area contributed by atoms with Crippen LogP contribution in [0.2, 0.25) is 0 Å². The first-order valence-electron chi connectivity index (χ1n) is 7.02. The summed E-state index contributed by atoms with van der Waals surface area (Å²) in [7, 11) is 4.41. The lowest BCUT2D eigenvalue weighted by atomic mass is 10.0. The highest BCUT2D eigenvalue weighted by atomic mass is 15.2. The predicted octanol–water partition coefficient (Wildman–Crippen LogP) is 3.08. The van der Waals surface area contributed by atoms with Crippen LogP contribution in [0.4, 0.5) is 0 Å². The normalized spacial score (nSPS) is 20.4. The van der Waals surface area contributed by atoms with E-state index in [1.54, 1.807) is 0 Å². The fourth-order valence-corrected chi connectivity index (χ4v) is 2.19. The highest BCUT2D eigenvalue weighted by Crippen LogP contribution is 2.15. The van der Waals surface area contributed by atoms with E-state index in [0.717, 1.165) is 12.0 Å². The zero-order valence-corrected chi connectivity index (χ0v) is 12.3. The minimum atomic E-state index is 0.822. The van der Waals surface area contributed by atoms with Crippen LogP contribution in [0.15, 0.2) is 0 Å². The zero-order chi connectivity index (χ0) is 12.6. The van der Waals surface area contributed by atoms with Crippen LogP contribution in [0.1, 0.15) is 47.0 Å². The molecular weight excluding hydrogens is 196 g/mol. The Kier molecular flexibility index (Phi) is 8.96. The van der Waals surface area contributed by atoms with Crippen molar-refractivity contribution >= 4 is 0 Å². The molecule has 1 fully saturated rings. The molecule has 98 valence electrons. The maximum Gasteiger partial charge on any atom is 0.0113 e. The van der Waals surface area contributed by atoms with Gasteiger partial charge in [-0.3, -0.25) is 0 Å². The van der Waals surface area contributed by atoms with Crippen LogP contribution in [0, 0.1) is 5.92 Å². The fourth-order valence-electron chi connectivity index (χ4n) is 2.19. The predicted molar refractivity (Wildman–Crippen MR) is 74.0 cm³/mol. The summed E-state index contributed by atoms with van der Waals surface area (Å²) >= 11 is 0. The van der Waals surface area contributed by atoms with Crippen molar-refractivity contribution < 1.29 is 0 Å². The highest BCUT2D eigenvalue weighted by molar-refractivity contribution is 4.77. The van der Waals surface area contributed by atoms with Gasteiger partial charge >= 0.3 is 0 Å². The lowest BCUT2D eigenvalue weighted by Gasteiger charge is -2.36. The molecule has 1 aliphatic heterocycles. The van der Waals surface area contributed by atoms with Crippen LogP contribution in [0.5, 0.6) is 0 Å². The first kappa shape index (κ1) is 15.9. The Bertz CT molecular complexity index is 149. The molecule has 0 bridgehead atoms. The number of rotatable bonds is 4. The van der Waals surface area contributed by atoms with Crippen molar-refractivity contribution in [2.24, 2.45) is 5.92 Å². The molecule has 0 radical (unpaired) electrons. The molecular formula is C14H32N2. The number of piperidine rings is 1. The van der Waals surface area contributed by atoms with Crippen molar-refractivity contribution in [1.29, 1.82) is 0 Å².